The van der Waals surface area contributed by atoms with Crippen LogP contribution in [0.2, 0.25) is 0 Å². The van der Waals surface area contributed by atoms with Gasteiger partial charge in [0.05, 0.1) is 0 Å². The highest BCUT2D eigenvalue weighted by Crippen LogP contribution is 2.47. The van der Waals surface area contributed by atoms with Crippen LogP contribution in [0.4, 0.5) is 0 Å². The molecule has 3 nitrogen and oxygen atoms in total. The predicted molar refractivity (Wildman–Crippen MR) is 44.6 cm³/mol. The zero-order valence-corrected chi connectivity index (χ0v) is 6.90. The summed E-state index contributed by atoms with van der Waals surface area (Å²) < 4.78 is 5.41. The molecule has 2 atom stereocenters. The molecule has 1 aromatic heterocycles. The van der Waals surface area contributed by atoms with Crippen molar-refractivity contribution >= 4 is 6.21 Å². The van der Waals surface area contributed by atoms with Gasteiger partial charge in [0.15, 0.2) is 0 Å². The molecule has 12 heavy (non-hydrogen) atoms. The fourth-order valence-corrected chi connectivity index (χ4v) is 1.41. The van der Waals surface area contributed by atoms with Gasteiger partial charge in [-0.3, -0.25) is 0 Å². The van der Waals surface area contributed by atoms with E-state index in [9.17, 15) is 0 Å². The van der Waals surface area contributed by atoms with E-state index >= 15 is 0 Å². The van der Waals surface area contributed by atoms with Crippen LogP contribution < -0.4 is 0 Å². The summed E-state index contributed by atoms with van der Waals surface area (Å²) in [4.78, 5) is 0. The standard InChI is InChI=1S/C9H11NO2/c1-6-4-8(6)9-3-2-7(12-9)5-10-11/h2-3,5-6,8,11H,4H2,1H3/b10-5+. The second-order valence-electron chi connectivity index (χ2n) is 3.30. The van der Waals surface area contributed by atoms with Gasteiger partial charge < -0.3 is 9.62 Å². The lowest BCUT2D eigenvalue weighted by molar-refractivity contribution is 0.320. The van der Waals surface area contributed by atoms with E-state index in [1.807, 2.05) is 12.1 Å². The molecular formula is C9H11NO2. The van der Waals surface area contributed by atoms with Crippen molar-refractivity contribution in [1.29, 1.82) is 0 Å². The monoisotopic (exact) mass is 165 g/mol. The van der Waals surface area contributed by atoms with Crippen LogP contribution >= 0.6 is 0 Å². The van der Waals surface area contributed by atoms with Crippen LogP contribution in [0.25, 0.3) is 0 Å². The van der Waals surface area contributed by atoms with E-state index in [1.54, 1.807) is 0 Å². The quantitative estimate of drug-likeness (QED) is 0.415. The summed E-state index contributed by atoms with van der Waals surface area (Å²) in [7, 11) is 0. The Hall–Kier alpha value is -1.25. The van der Waals surface area contributed by atoms with Crippen molar-refractivity contribution in [3.05, 3.63) is 23.7 Å². The first-order valence-corrected chi connectivity index (χ1v) is 4.08. The zero-order valence-electron chi connectivity index (χ0n) is 6.90. The van der Waals surface area contributed by atoms with Gasteiger partial charge in [-0.15, -0.1) is 0 Å². The Bertz CT molecular complexity index is 303. The summed E-state index contributed by atoms with van der Waals surface area (Å²) in [5, 5.41) is 11.1. The Morgan fingerprint density at radius 2 is 2.42 bits per heavy atom. The Morgan fingerprint density at radius 1 is 1.67 bits per heavy atom. The van der Waals surface area contributed by atoms with Crippen LogP contribution in [0.3, 0.4) is 0 Å². The van der Waals surface area contributed by atoms with E-state index in [1.165, 1.54) is 12.6 Å². The normalized spacial score (nSPS) is 28.1. The summed E-state index contributed by atoms with van der Waals surface area (Å²) in [6, 6.07) is 3.77. The lowest BCUT2D eigenvalue weighted by Gasteiger charge is -1.88. The number of hydrogen-bond acceptors (Lipinski definition) is 3. The first-order valence-electron chi connectivity index (χ1n) is 4.08. The largest absolute Gasteiger partial charge is 0.460 e. The van der Waals surface area contributed by atoms with Gasteiger partial charge >= 0.3 is 0 Å². The van der Waals surface area contributed by atoms with Crippen molar-refractivity contribution < 1.29 is 9.62 Å². The molecule has 0 aliphatic heterocycles. The van der Waals surface area contributed by atoms with Gasteiger partial charge in [0, 0.05) is 5.92 Å². The summed E-state index contributed by atoms with van der Waals surface area (Å²) >= 11 is 0. The minimum atomic E-state index is 0.589. The molecule has 2 rings (SSSR count). The number of oxime groups is 1. The van der Waals surface area contributed by atoms with Gasteiger partial charge in [0.1, 0.15) is 17.7 Å². The Kier molecular flexibility index (Phi) is 1.64. The molecule has 1 heterocycles. The molecule has 2 unspecified atom stereocenters. The fraction of sp³-hybridized carbons (Fsp3) is 0.444. The van der Waals surface area contributed by atoms with E-state index in [2.05, 4.69) is 12.1 Å². The average Bonchev–Trinajstić information content (AvgIpc) is 2.62. The van der Waals surface area contributed by atoms with Crippen molar-refractivity contribution in [2.45, 2.75) is 19.3 Å². The van der Waals surface area contributed by atoms with Crippen LogP contribution in [0, 0.1) is 5.92 Å². The maximum atomic E-state index is 8.24. The van der Waals surface area contributed by atoms with Crippen LogP contribution in [0.1, 0.15) is 30.8 Å². The van der Waals surface area contributed by atoms with Gasteiger partial charge in [-0.2, -0.15) is 0 Å². The summed E-state index contributed by atoms with van der Waals surface area (Å²) in [5.41, 5.74) is 0. The molecule has 1 saturated carbocycles. The molecular weight excluding hydrogens is 154 g/mol. The maximum Gasteiger partial charge on any atom is 0.148 e. The molecule has 0 amide bonds. The number of rotatable bonds is 2. The molecule has 0 spiro atoms. The topological polar surface area (TPSA) is 45.7 Å². The number of hydrogen-bond donors (Lipinski definition) is 1. The molecule has 0 bridgehead atoms. The molecule has 64 valence electrons. The Balaban J connectivity index is 2.14. The average molecular weight is 165 g/mol. The van der Waals surface area contributed by atoms with Crippen molar-refractivity contribution in [2.75, 3.05) is 0 Å². The van der Waals surface area contributed by atoms with Crippen LogP contribution in [0.5, 0.6) is 0 Å². The van der Waals surface area contributed by atoms with Crippen LogP contribution in [0.15, 0.2) is 21.7 Å². The first kappa shape index (κ1) is 7.40. The lowest BCUT2D eigenvalue weighted by Crippen LogP contribution is -1.75. The summed E-state index contributed by atoms with van der Waals surface area (Å²) in [6.07, 6.45) is 2.51. The third-order valence-electron chi connectivity index (χ3n) is 2.31. The van der Waals surface area contributed by atoms with E-state index in [4.69, 9.17) is 9.62 Å². The third kappa shape index (κ3) is 1.22. The molecule has 1 aliphatic rings. The van der Waals surface area contributed by atoms with Gasteiger partial charge in [0.25, 0.3) is 0 Å². The fourth-order valence-electron chi connectivity index (χ4n) is 1.41. The molecule has 1 aromatic rings. The Labute approximate surface area is 70.7 Å². The van der Waals surface area contributed by atoms with Gasteiger partial charge in [-0.05, 0) is 24.5 Å². The van der Waals surface area contributed by atoms with Crippen LogP contribution in [-0.2, 0) is 0 Å². The van der Waals surface area contributed by atoms with Crippen molar-refractivity contribution in [3.8, 4) is 0 Å². The lowest BCUT2D eigenvalue weighted by atomic mass is 10.3. The van der Waals surface area contributed by atoms with E-state index in [0.717, 1.165) is 11.7 Å². The first-order chi connectivity index (χ1) is 5.81. The summed E-state index contributed by atoms with van der Waals surface area (Å²) in [6.45, 7) is 2.20. The maximum absolute atomic E-state index is 8.24. The van der Waals surface area contributed by atoms with Gasteiger partial charge in [-0.1, -0.05) is 12.1 Å². The molecule has 0 saturated heterocycles. The van der Waals surface area contributed by atoms with Gasteiger partial charge in [0.2, 0.25) is 0 Å². The SMILES string of the molecule is CC1CC1c1ccc(/C=N/O)o1. The third-order valence-corrected chi connectivity index (χ3v) is 2.31. The van der Waals surface area contributed by atoms with E-state index < -0.39 is 0 Å². The van der Waals surface area contributed by atoms with E-state index in [0.29, 0.717) is 11.7 Å². The van der Waals surface area contributed by atoms with Crippen molar-refractivity contribution in [2.24, 2.45) is 11.1 Å². The van der Waals surface area contributed by atoms with Gasteiger partial charge in [-0.25, -0.2) is 0 Å². The second kappa shape index (κ2) is 2.66. The molecule has 1 N–H and O–H groups in total. The minimum Gasteiger partial charge on any atom is -0.460 e. The highest BCUT2D eigenvalue weighted by Gasteiger charge is 2.36. The van der Waals surface area contributed by atoms with Crippen LogP contribution in [-0.4, -0.2) is 11.4 Å². The number of nitrogens with zero attached hydrogens (tertiary/aromatic N) is 1. The number of furan rings is 1. The molecule has 3 heteroatoms. The smallest absolute Gasteiger partial charge is 0.148 e. The molecule has 0 aromatic carbocycles. The molecule has 1 aliphatic carbocycles. The van der Waals surface area contributed by atoms with E-state index in [-0.39, 0.29) is 0 Å². The zero-order chi connectivity index (χ0) is 8.55. The van der Waals surface area contributed by atoms with Crippen molar-refractivity contribution in [3.63, 3.8) is 0 Å². The highest BCUT2D eigenvalue weighted by atomic mass is 16.4. The Morgan fingerprint density at radius 3 is 3.00 bits per heavy atom. The molecule has 1 fully saturated rings. The second-order valence-corrected chi connectivity index (χ2v) is 3.30. The minimum absolute atomic E-state index is 0.589. The van der Waals surface area contributed by atoms with Crippen molar-refractivity contribution in [1.82, 2.24) is 0 Å². The summed E-state index contributed by atoms with van der Waals surface area (Å²) in [5.74, 6) is 2.96. The molecule has 0 radical (unpaired) electrons. The predicted octanol–water partition coefficient (Wildman–Crippen LogP) is 2.21. The highest BCUT2D eigenvalue weighted by molar-refractivity contribution is 5.75.